The van der Waals surface area contributed by atoms with Crippen molar-refractivity contribution in [3.05, 3.63) is 277 Å². The molecule has 11 aromatic carbocycles. The third-order valence-corrected chi connectivity index (χ3v) is 15.2. The van der Waals surface area contributed by atoms with E-state index in [1.54, 1.807) is 0 Å². The molecule has 0 atom stereocenters. The smallest absolute Gasteiger partial charge is 0.136 e. The van der Waals surface area contributed by atoms with E-state index in [9.17, 15) is 0 Å². The van der Waals surface area contributed by atoms with Crippen molar-refractivity contribution in [3.63, 3.8) is 0 Å². The van der Waals surface area contributed by atoms with Crippen molar-refractivity contribution < 1.29 is 4.42 Å². The van der Waals surface area contributed by atoms with Gasteiger partial charge in [0.15, 0.2) is 0 Å². The highest BCUT2D eigenvalue weighted by Crippen LogP contribution is 2.64. The van der Waals surface area contributed by atoms with E-state index in [2.05, 4.69) is 264 Å². The van der Waals surface area contributed by atoms with E-state index in [1.807, 2.05) is 0 Å². The molecule has 1 spiro atoms. The fraction of sp³-hybridized carbons (Fsp3) is 0.0149. The van der Waals surface area contributed by atoms with Gasteiger partial charge in [0, 0.05) is 44.2 Å². The summed E-state index contributed by atoms with van der Waals surface area (Å²) in [4.78, 5) is 2.51. The first kappa shape index (κ1) is 38.9. The van der Waals surface area contributed by atoms with Gasteiger partial charge >= 0.3 is 0 Å². The second kappa shape index (κ2) is 14.9. The zero-order valence-electron chi connectivity index (χ0n) is 38.1. The average Bonchev–Trinajstić information content (AvgIpc) is 4.16. The lowest BCUT2D eigenvalue weighted by molar-refractivity contribution is 0.669. The Morgan fingerprint density at radius 3 is 1.67 bits per heavy atom. The Bertz CT molecular complexity index is 4190. The lowest BCUT2D eigenvalue weighted by Crippen LogP contribution is -2.26. The molecule has 13 aromatic rings. The average molecular weight is 891 g/mol. The zero-order chi connectivity index (χ0) is 45.9. The van der Waals surface area contributed by atoms with Gasteiger partial charge in [-0.05, 0) is 122 Å². The number of rotatable bonds is 6. The Balaban J connectivity index is 1.01. The quantitative estimate of drug-likeness (QED) is 0.166. The molecular weight excluding hydrogens is 849 g/mol. The molecule has 2 heterocycles. The lowest BCUT2D eigenvalue weighted by atomic mass is 9.70. The first-order valence-corrected chi connectivity index (χ1v) is 24.2. The van der Waals surface area contributed by atoms with Gasteiger partial charge in [-0.3, -0.25) is 0 Å². The lowest BCUT2D eigenvalue weighted by Gasteiger charge is -2.32. The molecule has 3 heteroatoms. The Morgan fingerprint density at radius 2 is 0.914 bits per heavy atom. The van der Waals surface area contributed by atoms with Crippen molar-refractivity contribution in [2.24, 2.45) is 0 Å². The summed E-state index contributed by atoms with van der Waals surface area (Å²) in [7, 11) is 0. The molecule has 15 rings (SSSR count). The maximum Gasteiger partial charge on any atom is 0.136 e. The van der Waals surface area contributed by atoms with Crippen LogP contribution in [0.15, 0.2) is 259 Å². The maximum atomic E-state index is 6.52. The third kappa shape index (κ3) is 5.40. The van der Waals surface area contributed by atoms with E-state index in [4.69, 9.17) is 4.42 Å². The molecule has 326 valence electrons. The van der Waals surface area contributed by atoms with Crippen molar-refractivity contribution in [1.29, 1.82) is 0 Å². The highest BCUT2D eigenvalue weighted by molar-refractivity contribution is 6.27. The topological polar surface area (TPSA) is 21.3 Å². The predicted molar refractivity (Wildman–Crippen MR) is 290 cm³/mol. The molecule has 0 fully saturated rings. The summed E-state index contributed by atoms with van der Waals surface area (Å²) in [6.45, 7) is 0. The van der Waals surface area contributed by atoms with Crippen LogP contribution in [0.2, 0.25) is 0 Å². The van der Waals surface area contributed by atoms with Crippen LogP contribution >= 0.6 is 0 Å². The number of anilines is 3. The normalized spacial score (nSPS) is 13.0. The molecule has 2 aliphatic carbocycles. The number of aromatic nitrogens is 1. The number of fused-ring (bicyclic) bond motifs is 17. The molecule has 2 aliphatic rings. The summed E-state index contributed by atoms with van der Waals surface area (Å²) in [5.41, 5.74) is 23.1. The monoisotopic (exact) mass is 890 g/mol. The third-order valence-electron chi connectivity index (χ3n) is 15.2. The van der Waals surface area contributed by atoms with Crippen LogP contribution in [0.5, 0.6) is 0 Å². The van der Waals surface area contributed by atoms with Crippen LogP contribution in [0.3, 0.4) is 0 Å². The SMILES string of the molecule is c1ccc(-c2ccc(-c3cccc(N(c4ccc5c6c7c(ccc6n(-c6ccccc6)c5c4)oc4ccccc47)c4cccc5c4-c4ccccc4C54c5ccccc5-c5ccccc54)c3)cc2)cc1. The molecule has 2 aromatic heterocycles. The Labute approximate surface area is 405 Å². The summed E-state index contributed by atoms with van der Waals surface area (Å²) in [6, 6.07) is 93.6. The number of nitrogens with zero attached hydrogens (tertiary/aromatic N) is 2. The molecule has 0 N–H and O–H groups in total. The van der Waals surface area contributed by atoms with Crippen molar-refractivity contribution in [3.8, 4) is 50.2 Å². The van der Waals surface area contributed by atoms with Crippen LogP contribution in [-0.4, -0.2) is 4.57 Å². The maximum absolute atomic E-state index is 6.52. The second-order valence-electron chi connectivity index (χ2n) is 18.7. The standard InChI is InChI=1S/C67H42N2O/c1-3-17-43(18-4-1)44-33-35-45(36-34-44)46-19-15-22-48(41-46)68(59-31-16-30-58-64(59)52-25-9-13-29-57(52)67(58)55-27-11-7-23-50(55)51-24-8-12-28-56(51)67)49-37-38-53-61(42-49)69(47-20-5-2-6-21-47)60-39-40-63-66(65(53)60)54-26-10-14-32-62(54)70-63/h1-42H. The summed E-state index contributed by atoms with van der Waals surface area (Å²) in [5, 5.41) is 4.63. The largest absolute Gasteiger partial charge is 0.456 e. The number of hydrogen-bond acceptors (Lipinski definition) is 2. The van der Waals surface area contributed by atoms with Crippen LogP contribution < -0.4 is 4.90 Å². The first-order chi connectivity index (χ1) is 34.7. The molecule has 0 radical (unpaired) electrons. The van der Waals surface area contributed by atoms with Gasteiger partial charge in [-0.25, -0.2) is 0 Å². The number of para-hydroxylation sites is 2. The van der Waals surface area contributed by atoms with Crippen molar-refractivity contribution >= 4 is 60.8 Å². The first-order valence-electron chi connectivity index (χ1n) is 24.2. The molecule has 0 bridgehead atoms. The van der Waals surface area contributed by atoms with Gasteiger partial charge in [-0.15, -0.1) is 0 Å². The van der Waals surface area contributed by atoms with Gasteiger partial charge in [-0.2, -0.15) is 0 Å². The van der Waals surface area contributed by atoms with E-state index in [-0.39, 0.29) is 0 Å². The van der Waals surface area contributed by atoms with Crippen molar-refractivity contribution in [2.45, 2.75) is 5.41 Å². The molecule has 0 unspecified atom stereocenters. The number of furan rings is 1. The van der Waals surface area contributed by atoms with Crippen LogP contribution in [0.25, 0.3) is 93.9 Å². The number of benzene rings is 11. The Kier molecular flexibility index (Phi) is 8.28. The molecular formula is C67H42N2O. The van der Waals surface area contributed by atoms with Gasteiger partial charge < -0.3 is 13.9 Å². The van der Waals surface area contributed by atoms with Crippen molar-refractivity contribution in [1.82, 2.24) is 4.57 Å². The van der Waals surface area contributed by atoms with E-state index >= 15 is 0 Å². The number of hydrogen-bond donors (Lipinski definition) is 0. The molecule has 0 aliphatic heterocycles. The predicted octanol–water partition coefficient (Wildman–Crippen LogP) is 17.8. The molecule has 0 saturated carbocycles. The minimum atomic E-state index is -0.481. The summed E-state index contributed by atoms with van der Waals surface area (Å²) >= 11 is 0. The molecule has 0 saturated heterocycles. The highest BCUT2D eigenvalue weighted by atomic mass is 16.3. The molecule has 3 nitrogen and oxygen atoms in total. The van der Waals surface area contributed by atoms with E-state index in [0.717, 1.165) is 61.3 Å². The fourth-order valence-corrected chi connectivity index (χ4v) is 12.4. The van der Waals surface area contributed by atoms with Crippen LogP contribution in [0, 0.1) is 0 Å². The van der Waals surface area contributed by atoms with E-state index in [1.165, 1.54) is 72.0 Å². The van der Waals surface area contributed by atoms with Crippen LogP contribution in [-0.2, 0) is 5.41 Å². The summed E-state index contributed by atoms with van der Waals surface area (Å²) < 4.78 is 8.95. The molecule has 70 heavy (non-hydrogen) atoms. The van der Waals surface area contributed by atoms with Gasteiger partial charge in [0.25, 0.3) is 0 Å². The zero-order valence-corrected chi connectivity index (χ0v) is 38.1. The minimum Gasteiger partial charge on any atom is -0.456 e. The van der Waals surface area contributed by atoms with Gasteiger partial charge in [0.1, 0.15) is 11.2 Å². The van der Waals surface area contributed by atoms with Crippen molar-refractivity contribution in [2.75, 3.05) is 4.90 Å². The Hall–Kier alpha value is -9.18. The Morgan fingerprint density at radius 1 is 0.343 bits per heavy atom. The summed E-state index contributed by atoms with van der Waals surface area (Å²) in [6.07, 6.45) is 0. The second-order valence-corrected chi connectivity index (χ2v) is 18.7. The van der Waals surface area contributed by atoms with Gasteiger partial charge in [0.2, 0.25) is 0 Å². The summed E-state index contributed by atoms with van der Waals surface area (Å²) in [5.74, 6) is 0. The fourth-order valence-electron chi connectivity index (χ4n) is 12.4. The highest BCUT2D eigenvalue weighted by Gasteiger charge is 2.52. The van der Waals surface area contributed by atoms with Crippen LogP contribution in [0.1, 0.15) is 22.3 Å². The minimum absolute atomic E-state index is 0.481. The van der Waals surface area contributed by atoms with E-state index < -0.39 is 5.41 Å². The van der Waals surface area contributed by atoms with Gasteiger partial charge in [-0.1, -0.05) is 194 Å². The van der Waals surface area contributed by atoms with E-state index in [0.29, 0.717) is 0 Å². The van der Waals surface area contributed by atoms with Crippen LogP contribution in [0.4, 0.5) is 17.1 Å². The molecule has 0 amide bonds. The van der Waals surface area contributed by atoms with Gasteiger partial charge in [0.05, 0.1) is 22.1 Å².